The SMILES string of the molecule is NC(=O)CCNS(=O)O. The molecule has 9 heavy (non-hydrogen) atoms. The molecule has 6 heteroatoms. The van der Waals surface area contributed by atoms with Crippen LogP contribution in [-0.4, -0.2) is 21.2 Å². The third kappa shape index (κ3) is 7.54. The molecule has 0 aromatic carbocycles. The van der Waals surface area contributed by atoms with Crippen molar-refractivity contribution in [3.05, 3.63) is 0 Å². The minimum atomic E-state index is -2.04. The lowest BCUT2D eigenvalue weighted by atomic mass is 10.4. The summed E-state index contributed by atoms with van der Waals surface area (Å²) in [5.74, 6) is -0.493. The van der Waals surface area contributed by atoms with Crippen molar-refractivity contribution in [3.63, 3.8) is 0 Å². The predicted octanol–water partition coefficient (Wildman–Crippen LogP) is -1.41. The molecule has 0 heterocycles. The molecule has 4 N–H and O–H groups in total. The summed E-state index contributed by atoms with van der Waals surface area (Å²) in [6.45, 7) is 0.137. The molecule has 5 nitrogen and oxygen atoms in total. The first-order valence-corrected chi connectivity index (χ1v) is 3.36. The van der Waals surface area contributed by atoms with E-state index in [0.29, 0.717) is 0 Å². The fourth-order valence-electron chi connectivity index (χ4n) is 0.262. The van der Waals surface area contributed by atoms with Gasteiger partial charge in [0.05, 0.1) is 0 Å². The molecule has 54 valence electrons. The Balaban J connectivity index is 3.10. The summed E-state index contributed by atoms with van der Waals surface area (Å²) in [6.07, 6.45) is 0.0757. The second-order valence-electron chi connectivity index (χ2n) is 1.36. The van der Waals surface area contributed by atoms with Gasteiger partial charge in [-0.25, -0.2) is 8.93 Å². The molecule has 0 spiro atoms. The van der Waals surface area contributed by atoms with E-state index in [9.17, 15) is 9.00 Å². The molecular weight excluding hydrogens is 144 g/mol. The van der Waals surface area contributed by atoms with E-state index in [0.717, 1.165) is 0 Å². The maximum Gasteiger partial charge on any atom is 0.231 e. The monoisotopic (exact) mass is 152 g/mol. The van der Waals surface area contributed by atoms with E-state index >= 15 is 0 Å². The maximum absolute atomic E-state index is 9.98. The molecule has 0 aromatic rings. The van der Waals surface area contributed by atoms with E-state index in [-0.39, 0.29) is 13.0 Å². The second-order valence-corrected chi connectivity index (χ2v) is 2.15. The van der Waals surface area contributed by atoms with Gasteiger partial charge in [-0.3, -0.25) is 9.35 Å². The van der Waals surface area contributed by atoms with Crippen molar-refractivity contribution in [2.45, 2.75) is 6.42 Å². The normalized spacial score (nSPS) is 13.0. The van der Waals surface area contributed by atoms with Crippen LogP contribution < -0.4 is 10.5 Å². The number of hydrogen-bond donors (Lipinski definition) is 3. The highest BCUT2D eigenvalue weighted by molar-refractivity contribution is 7.77. The van der Waals surface area contributed by atoms with Gasteiger partial charge >= 0.3 is 0 Å². The zero-order valence-corrected chi connectivity index (χ0v) is 5.48. The van der Waals surface area contributed by atoms with Crippen molar-refractivity contribution in [2.24, 2.45) is 5.73 Å². The van der Waals surface area contributed by atoms with Crippen LogP contribution in [0.4, 0.5) is 0 Å². The number of amides is 1. The molecular formula is C3H8N2O3S. The number of carbonyl (C=O) groups is 1. The van der Waals surface area contributed by atoms with Gasteiger partial charge in [-0.2, -0.15) is 0 Å². The topological polar surface area (TPSA) is 92.4 Å². The molecule has 1 unspecified atom stereocenters. The third-order valence-corrected chi connectivity index (χ3v) is 1.05. The zero-order valence-electron chi connectivity index (χ0n) is 4.66. The summed E-state index contributed by atoms with van der Waals surface area (Å²) in [7, 11) is 0. The van der Waals surface area contributed by atoms with Gasteiger partial charge in [-0.1, -0.05) is 0 Å². The van der Waals surface area contributed by atoms with Crippen molar-refractivity contribution in [2.75, 3.05) is 6.54 Å². The first kappa shape index (κ1) is 8.54. The fourth-order valence-corrected chi connectivity index (χ4v) is 0.538. The Kier molecular flexibility index (Phi) is 4.20. The maximum atomic E-state index is 9.98. The molecule has 0 fully saturated rings. The van der Waals surface area contributed by atoms with Crippen molar-refractivity contribution in [1.29, 1.82) is 0 Å². The highest BCUT2D eigenvalue weighted by Crippen LogP contribution is 1.72. The molecule has 1 atom stereocenters. The lowest BCUT2D eigenvalue weighted by molar-refractivity contribution is -0.117. The molecule has 0 aliphatic heterocycles. The smallest absolute Gasteiger partial charge is 0.231 e. The number of nitrogens with one attached hydrogen (secondary N) is 1. The number of nitrogens with two attached hydrogens (primary N) is 1. The van der Waals surface area contributed by atoms with Crippen LogP contribution in [0.5, 0.6) is 0 Å². The van der Waals surface area contributed by atoms with Gasteiger partial charge in [0.1, 0.15) is 0 Å². The first-order chi connectivity index (χ1) is 4.13. The lowest BCUT2D eigenvalue weighted by Crippen LogP contribution is -2.23. The van der Waals surface area contributed by atoms with Gasteiger partial charge < -0.3 is 5.73 Å². The standard InChI is InChI=1S/C3H8N2O3S/c4-3(6)1-2-5-9(7)8/h5H,1-2H2,(H2,4,6)(H,7,8). The number of rotatable bonds is 4. The lowest BCUT2D eigenvalue weighted by Gasteiger charge is -1.93. The summed E-state index contributed by atoms with van der Waals surface area (Å²) in [6, 6.07) is 0. The van der Waals surface area contributed by atoms with E-state index in [2.05, 4.69) is 4.72 Å². The van der Waals surface area contributed by atoms with Crippen LogP contribution in [0.2, 0.25) is 0 Å². The summed E-state index contributed by atoms with van der Waals surface area (Å²) in [5.41, 5.74) is 4.72. The first-order valence-electron chi connectivity index (χ1n) is 2.25. The Morgan fingerprint density at radius 3 is 2.67 bits per heavy atom. The van der Waals surface area contributed by atoms with Crippen LogP contribution in [0.25, 0.3) is 0 Å². The Hall–Kier alpha value is -0.460. The minimum Gasteiger partial charge on any atom is -0.370 e. The van der Waals surface area contributed by atoms with E-state index < -0.39 is 17.2 Å². The Morgan fingerprint density at radius 1 is 1.78 bits per heavy atom. The average Bonchev–Trinajstić information content (AvgIpc) is 1.63. The minimum absolute atomic E-state index is 0.0757. The van der Waals surface area contributed by atoms with Crippen LogP contribution >= 0.6 is 0 Å². The van der Waals surface area contributed by atoms with Gasteiger partial charge in [0, 0.05) is 13.0 Å². The van der Waals surface area contributed by atoms with Crippen LogP contribution in [0.1, 0.15) is 6.42 Å². The molecule has 0 saturated heterocycles. The summed E-state index contributed by atoms with van der Waals surface area (Å²) in [4.78, 5) is 9.98. The van der Waals surface area contributed by atoms with Gasteiger partial charge in [0.25, 0.3) is 0 Å². The molecule has 0 saturated carbocycles. The van der Waals surface area contributed by atoms with Crippen LogP contribution in [0.15, 0.2) is 0 Å². The molecule has 0 radical (unpaired) electrons. The van der Waals surface area contributed by atoms with Crippen LogP contribution in [0.3, 0.4) is 0 Å². The molecule has 0 bridgehead atoms. The van der Waals surface area contributed by atoms with E-state index in [4.69, 9.17) is 10.3 Å². The second kappa shape index (κ2) is 4.42. The Morgan fingerprint density at radius 2 is 2.33 bits per heavy atom. The van der Waals surface area contributed by atoms with Gasteiger partial charge in [-0.15, -0.1) is 0 Å². The van der Waals surface area contributed by atoms with Crippen molar-refractivity contribution >= 4 is 17.2 Å². The van der Waals surface area contributed by atoms with E-state index in [1.54, 1.807) is 0 Å². The highest BCUT2D eigenvalue weighted by atomic mass is 32.2. The van der Waals surface area contributed by atoms with Gasteiger partial charge in [-0.05, 0) is 0 Å². The third-order valence-electron chi connectivity index (χ3n) is 0.597. The van der Waals surface area contributed by atoms with Crippen LogP contribution in [0, 0.1) is 0 Å². The van der Waals surface area contributed by atoms with Crippen LogP contribution in [-0.2, 0) is 16.1 Å². The fraction of sp³-hybridized carbons (Fsp3) is 0.667. The highest BCUT2D eigenvalue weighted by Gasteiger charge is 1.94. The summed E-state index contributed by atoms with van der Waals surface area (Å²) in [5, 5.41) is 0. The van der Waals surface area contributed by atoms with Crippen molar-refractivity contribution in [1.82, 2.24) is 4.72 Å². The predicted molar refractivity (Wildman–Crippen MR) is 32.6 cm³/mol. The summed E-state index contributed by atoms with van der Waals surface area (Å²) < 4.78 is 20.0. The summed E-state index contributed by atoms with van der Waals surface area (Å²) >= 11 is -2.04. The van der Waals surface area contributed by atoms with E-state index in [1.807, 2.05) is 0 Å². The molecule has 0 aliphatic rings. The van der Waals surface area contributed by atoms with Gasteiger partial charge in [0.2, 0.25) is 17.2 Å². The van der Waals surface area contributed by atoms with Gasteiger partial charge in [0.15, 0.2) is 0 Å². The Bertz CT molecular complexity index is 112. The Labute approximate surface area is 55.0 Å². The van der Waals surface area contributed by atoms with Crippen molar-refractivity contribution < 1.29 is 13.6 Å². The number of hydrogen-bond acceptors (Lipinski definition) is 2. The zero-order chi connectivity index (χ0) is 7.28. The average molecular weight is 152 g/mol. The quantitative estimate of drug-likeness (QED) is 0.432. The van der Waals surface area contributed by atoms with E-state index in [1.165, 1.54) is 0 Å². The molecule has 1 amide bonds. The number of carbonyl (C=O) groups excluding carboxylic acids is 1. The molecule has 0 aromatic heterocycles. The largest absolute Gasteiger partial charge is 0.370 e. The number of primary amides is 1. The molecule has 0 rings (SSSR count). The molecule has 0 aliphatic carbocycles. The van der Waals surface area contributed by atoms with Crippen molar-refractivity contribution in [3.8, 4) is 0 Å².